The molecule has 0 amide bonds. The SMILES string of the molecule is C[C@]12C=CC(=O)C=C1[C@@H](F)C[C@H]1[C@@H]3CC[C@](OC(=O)c4ccc(CSc5ccc(O)cc5)cc4)(C(=O)OCN)[C@@]3(C)C[C@H](O)[C@@]12F. The first-order chi connectivity index (χ1) is 21.8. The molecule has 0 radical (unpaired) electrons. The molecule has 244 valence electrons. The molecular formula is C35H37F2NO7S. The fourth-order valence-corrected chi connectivity index (χ4v) is 9.45. The Bertz CT molecular complexity index is 1610. The number of nitrogens with two attached hydrogens (primary N) is 1. The van der Waals surface area contributed by atoms with Gasteiger partial charge >= 0.3 is 11.9 Å². The smallest absolute Gasteiger partial charge is 0.352 e. The predicted molar refractivity (Wildman–Crippen MR) is 166 cm³/mol. The minimum Gasteiger partial charge on any atom is -0.508 e. The van der Waals surface area contributed by atoms with E-state index >= 15 is 8.78 Å². The largest absolute Gasteiger partial charge is 0.508 e. The number of allylic oxidation sites excluding steroid dienone is 4. The Morgan fingerprint density at radius 1 is 1.09 bits per heavy atom. The Morgan fingerprint density at radius 3 is 2.46 bits per heavy atom. The lowest BCUT2D eigenvalue weighted by molar-refractivity contribution is -0.228. The average molecular weight is 654 g/mol. The maximum Gasteiger partial charge on any atom is 0.352 e. The number of benzene rings is 2. The second kappa shape index (κ2) is 11.6. The van der Waals surface area contributed by atoms with Crippen molar-refractivity contribution in [1.82, 2.24) is 0 Å². The number of carbonyl (C=O) groups excluding carboxylic acids is 3. The molecule has 8 nitrogen and oxygen atoms in total. The normalized spacial score (nSPS) is 36.2. The molecule has 2 aromatic carbocycles. The molecule has 11 heteroatoms. The van der Waals surface area contributed by atoms with Crippen LogP contribution in [-0.2, 0) is 24.8 Å². The van der Waals surface area contributed by atoms with E-state index in [4.69, 9.17) is 15.2 Å². The molecule has 2 aromatic rings. The van der Waals surface area contributed by atoms with Crippen LogP contribution in [0.3, 0.4) is 0 Å². The molecule has 6 rings (SSSR count). The molecule has 0 heterocycles. The van der Waals surface area contributed by atoms with Gasteiger partial charge in [0.25, 0.3) is 0 Å². The number of esters is 2. The third-order valence-corrected chi connectivity index (χ3v) is 12.1. The van der Waals surface area contributed by atoms with Crippen molar-refractivity contribution in [2.24, 2.45) is 28.4 Å². The number of hydrogen-bond acceptors (Lipinski definition) is 9. The molecule has 0 aliphatic heterocycles. The second-order valence-corrected chi connectivity index (χ2v) is 14.2. The van der Waals surface area contributed by atoms with Gasteiger partial charge in [0.05, 0.1) is 11.7 Å². The van der Waals surface area contributed by atoms with Gasteiger partial charge in [-0.2, -0.15) is 0 Å². The van der Waals surface area contributed by atoms with Crippen molar-refractivity contribution >= 4 is 29.5 Å². The van der Waals surface area contributed by atoms with Gasteiger partial charge in [-0.1, -0.05) is 25.1 Å². The molecule has 4 aliphatic rings. The van der Waals surface area contributed by atoms with Gasteiger partial charge in [0.1, 0.15) is 18.7 Å². The summed E-state index contributed by atoms with van der Waals surface area (Å²) in [5, 5.41) is 21.1. The van der Waals surface area contributed by atoms with E-state index in [1.807, 2.05) is 0 Å². The summed E-state index contributed by atoms with van der Waals surface area (Å²) in [5.74, 6) is -3.05. The predicted octanol–water partition coefficient (Wildman–Crippen LogP) is 5.36. The monoisotopic (exact) mass is 653 g/mol. The van der Waals surface area contributed by atoms with Crippen molar-refractivity contribution < 1.29 is 42.9 Å². The van der Waals surface area contributed by atoms with E-state index < -0.39 is 70.7 Å². The first-order valence-corrected chi connectivity index (χ1v) is 16.4. The molecule has 0 unspecified atom stereocenters. The lowest BCUT2D eigenvalue weighted by Crippen LogP contribution is -2.70. The Hall–Kier alpha value is -3.54. The van der Waals surface area contributed by atoms with Crippen molar-refractivity contribution in [3.63, 3.8) is 0 Å². The Kier molecular flexibility index (Phi) is 8.18. The highest BCUT2D eigenvalue weighted by atomic mass is 32.2. The molecule has 0 aromatic heterocycles. The van der Waals surface area contributed by atoms with E-state index in [9.17, 15) is 24.6 Å². The summed E-state index contributed by atoms with van der Waals surface area (Å²) in [5.41, 5.74) is -0.456. The first-order valence-electron chi connectivity index (χ1n) is 15.4. The number of halogens is 2. The van der Waals surface area contributed by atoms with Crippen LogP contribution in [-0.4, -0.2) is 58.2 Å². The van der Waals surface area contributed by atoms with Gasteiger partial charge in [-0.15, -0.1) is 11.8 Å². The van der Waals surface area contributed by atoms with Gasteiger partial charge in [0.15, 0.2) is 11.5 Å². The lowest BCUT2D eigenvalue weighted by atomic mass is 9.44. The van der Waals surface area contributed by atoms with Crippen molar-refractivity contribution in [2.75, 3.05) is 6.73 Å². The molecule has 0 bridgehead atoms. The molecule has 4 N–H and O–H groups in total. The van der Waals surface area contributed by atoms with E-state index in [0.717, 1.165) is 16.5 Å². The highest BCUT2D eigenvalue weighted by molar-refractivity contribution is 7.98. The number of carbonyl (C=O) groups is 3. The molecule has 8 atom stereocenters. The Labute approximate surface area is 270 Å². The zero-order valence-corrected chi connectivity index (χ0v) is 26.4. The third kappa shape index (κ3) is 4.81. The van der Waals surface area contributed by atoms with Gasteiger partial charge in [0.2, 0.25) is 5.60 Å². The van der Waals surface area contributed by atoms with E-state index in [1.54, 1.807) is 67.2 Å². The van der Waals surface area contributed by atoms with Crippen molar-refractivity contribution in [3.05, 3.63) is 83.5 Å². The average Bonchev–Trinajstić information content (AvgIpc) is 3.31. The summed E-state index contributed by atoms with van der Waals surface area (Å²) >= 11 is 1.55. The van der Waals surface area contributed by atoms with Crippen LogP contribution in [0.15, 0.2) is 77.2 Å². The lowest BCUT2D eigenvalue weighted by Gasteiger charge is -2.62. The van der Waals surface area contributed by atoms with Crippen molar-refractivity contribution in [3.8, 4) is 5.75 Å². The number of aliphatic hydroxyl groups is 1. The van der Waals surface area contributed by atoms with Crippen molar-refractivity contribution in [1.29, 1.82) is 0 Å². The van der Waals surface area contributed by atoms with Gasteiger partial charge < -0.3 is 19.7 Å². The number of ether oxygens (including phenoxy) is 2. The molecule has 0 spiro atoms. The summed E-state index contributed by atoms with van der Waals surface area (Å²) < 4.78 is 44.6. The summed E-state index contributed by atoms with van der Waals surface area (Å²) in [7, 11) is 0. The number of aromatic hydroxyl groups is 1. The van der Waals surface area contributed by atoms with Crippen LogP contribution in [0.5, 0.6) is 5.75 Å². The number of phenols is 1. The Balaban J connectivity index is 1.28. The summed E-state index contributed by atoms with van der Waals surface area (Å²) in [6.45, 7) is 2.69. The van der Waals surface area contributed by atoms with E-state index in [0.29, 0.717) is 5.75 Å². The van der Waals surface area contributed by atoms with Crippen LogP contribution in [0.2, 0.25) is 0 Å². The molecule has 0 saturated heterocycles. The van der Waals surface area contributed by atoms with Crippen LogP contribution in [0.4, 0.5) is 8.78 Å². The maximum absolute atomic E-state index is 17.5. The minimum atomic E-state index is -2.34. The first kappa shape index (κ1) is 32.4. The number of fused-ring (bicyclic) bond motifs is 5. The minimum absolute atomic E-state index is 0.00421. The van der Waals surface area contributed by atoms with E-state index in [1.165, 1.54) is 19.1 Å². The van der Waals surface area contributed by atoms with E-state index in [2.05, 4.69) is 0 Å². The van der Waals surface area contributed by atoms with Crippen LogP contribution in [0, 0.1) is 22.7 Å². The topological polar surface area (TPSA) is 136 Å². The van der Waals surface area contributed by atoms with E-state index in [-0.39, 0.29) is 42.6 Å². The summed E-state index contributed by atoms with van der Waals surface area (Å²) in [6, 6.07) is 13.5. The maximum atomic E-state index is 17.5. The third-order valence-electron chi connectivity index (χ3n) is 11.0. The zero-order chi connectivity index (χ0) is 33.1. The number of aliphatic hydroxyl groups excluding tert-OH is 1. The van der Waals surface area contributed by atoms with Crippen LogP contribution < -0.4 is 5.73 Å². The summed E-state index contributed by atoms with van der Waals surface area (Å²) in [4.78, 5) is 40.5. The number of thioether (sulfide) groups is 1. The fourth-order valence-electron chi connectivity index (χ4n) is 8.59. The highest BCUT2D eigenvalue weighted by Crippen LogP contribution is 2.70. The number of alkyl halides is 2. The molecule has 3 saturated carbocycles. The van der Waals surface area contributed by atoms with Gasteiger partial charge in [-0.3, -0.25) is 10.5 Å². The quantitative estimate of drug-likeness (QED) is 0.205. The Morgan fingerprint density at radius 2 is 1.78 bits per heavy atom. The second-order valence-electron chi connectivity index (χ2n) is 13.2. The fraction of sp³-hybridized carbons (Fsp3) is 0.457. The van der Waals surface area contributed by atoms with Gasteiger partial charge in [-0.25, -0.2) is 18.4 Å². The molecule has 46 heavy (non-hydrogen) atoms. The molecule has 3 fully saturated rings. The number of hydrogen-bond donors (Lipinski definition) is 3. The molecular weight excluding hydrogens is 616 g/mol. The van der Waals surface area contributed by atoms with Crippen LogP contribution >= 0.6 is 11.8 Å². The van der Waals surface area contributed by atoms with Gasteiger partial charge in [0, 0.05) is 27.4 Å². The van der Waals surface area contributed by atoms with Crippen LogP contribution in [0.1, 0.15) is 55.5 Å². The number of ketones is 1. The van der Waals surface area contributed by atoms with Crippen molar-refractivity contribution in [2.45, 2.75) is 73.7 Å². The standard InChI is InChI=1S/C35H37F2NO7S/c1-32-13-11-23(40)15-27(32)28(36)16-26-25-12-14-34(31(43)44-19-38,33(25,2)17-29(41)35(26,32)37)45-30(42)21-5-3-20(4-6-21)18-46-24-9-7-22(39)8-10-24/h3-11,13,15,25-26,28-29,39,41H,12,14,16-19,38H2,1-2H3/t25-,26-,28-,29-,32-,33-,34-,35-/m0/s1. The van der Waals surface area contributed by atoms with Gasteiger partial charge in [-0.05, 0) is 98.2 Å². The molecule has 4 aliphatic carbocycles. The number of rotatable bonds is 7. The highest BCUT2D eigenvalue weighted by Gasteiger charge is 2.77. The van der Waals surface area contributed by atoms with Crippen LogP contribution in [0.25, 0.3) is 0 Å². The summed E-state index contributed by atoms with van der Waals surface area (Å²) in [6.07, 6.45) is -0.00736. The zero-order valence-electron chi connectivity index (χ0n) is 25.6. The number of phenolic OH excluding ortho intramolecular Hbond substituents is 1.